The molecule has 4 heteroatoms. The number of benzene rings is 2. The van der Waals surface area contributed by atoms with Crippen molar-refractivity contribution >= 4 is 35.0 Å². The maximum atomic E-state index is 11.8. The molecule has 0 radical (unpaired) electrons. The minimum atomic E-state index is -0.188. The minimum absolute atomic E-state index is 0.188. The van der Waals surface area contributed by atoms with Crippen molar-refractivity contribution in [1.29, 1.82) is 0 Å². The van der Waals surface area contributed by atoms with Gasteiger partial charge in [-0.1, -0.05) is 23.7 Å². The highest BCUT2D eigenvalue weighted by Crippen LogP contribution is 2.19. The zero-order valence-corrected chi connectivity index (χ0v) is 11.8. The molecule has 0 unspecified atom stereocenters. The first-order chi connectivity index (χ1) is 9.54. The molecule has 0 aromatic heterocycles. The molecule has 3 nitrogen and oxygen atoms in total. The standard InChI is InChI=1S/C16H15ClN2O/c1-11-10-13(17)5-8-15(11)19-16(20)9-4-12-2-6-14(18)7-3-12/h2-10H,18H2,1H3,(H,19,20)/b9-4+. The Morgan fingerprint density at radius 2 is 1.90 bits per heavy atom. The van der Waals surface area contributed by atoms with Crippen molar-refractivity contribution in [3.63, 3.8) is 0 Å². The Bertz CT molecular complexity index is 648. The lowest BCUT2D eigenvalue weighted by molar-refractivity contribution is -0.111. The molecule has 0 saturated heterocycles. The number of hydrogen-bond acceptors (Lipinski definition) is 2. The van der Waals surface area contributed by atoms with Crippen LogP contribution in [0.2, 0.25) is 5.02 Å². The summed E-state index contributed by atoms with van der Waals surface area (Å²) in [6.07, 6.45) is 3.22. The Kier molecular flexibility index (Phi) is 4.43. The largest absolute Gasteiger partial charge is 0.399 e. The van der Waals surface area contributed by atoms with E-state index < -0.39 is 0 Å². The van der Waals surface area contributed by atoms with Gasteiger partial charge in [0, 0.05) is 22.5 Å². The van der Waals surface area contributed by atoms with E-state index in [0.29, 0.717) is 10.7 Å². The quantitative estimate of drug-likeness (QED) is 0.664. The summed E-state index contributed by atoms with van der Waals surface area (Å²) >= 11 is 5.87. The average molecular weight is 287 g/mol. The highest BCUT2D eigenvalue weighted by atomic mass is 35.5. The van der Waals surface area contributed by atoms with Crippen LogP contribution >= 0.6 is 11.6 Å². The van der Waals surface area contributed by atoms with Crippen molar-refractivity contribution in [3.8, 4) is 0 Å². The molecular formula is C16H15ClN2O. The lowest BCUT2D eigenvalue weighted by Gasteiger charge is -2.06. The van der Waals surface area contributed by atoms with Gasteiger partial charge in [0.2, 0.25) is 5.91 Å². The fraction of sp³-hybridized carbons (Fsp3) is 0.0625. The maximum Gasteiger partial charge on any atom is 0.248 e. The smallest absolute Gasteiger partial charge is 0.248 e. The second kappa shape index (κ2) is 6.26. The molecule has 0 heterocycles. The number of nitrogens with one attached hydrogen (secondary N) is 1. The molecule has 0 spiro atoms. The van der Waals surface area contributed by atoms with Crippen molar-refractivity contribution in [2.45, 2.75) is 6.92 Å². The van der Waals surface area contributed by atoms with Crippen LogP contribution in [0.3, 0.4) is 0 Å². The molecule has 0 aliphatic rings. The van der Waals surface area contributed by atoms with Gasteiger partial charge < -0.3 is 11.1 Å². The molecule has 2 rings (SSSR count). The molecule has 0 aliphatic carbocycles. The van der Waals surface area contributed by atoms with Crippen LogP contribution in [-0.2, 0) is 4.79 Å². The number of nitrogens with two attached hydrogens (primary N) is 1. The van der Waals surface area contributed by atoms with Crippen LogP contribution in [0.5, 0.6) is 0 Å². The predicted octanol–water partition coefficient (Wildman–Crippen LogP) is 3.88. The van der Waals surface area contributed by atoms with E-state index >= 15 is 0 Å². The fourth-order valence-corrected chi connectivity index (χ4v) is 1.95. The molecular weight excluding hydrogens is 272 g/mol. The Morgan fingerprint density at radius 3 is 2.55 bits per heavy atom. The summed E-state index contributed by atoms with van der Waals surface area (Å²) < 4.78 is 0. The number of aryl methyl sites for hydroxylation is 1. The summed E-state index contributed by atoms with van der Waals surface area (Å²) in [6, 6.07) is 12.6. The van der Waals surface area contributed by atoms with Crippen LogP contribution < -0.4 is 11.1 Å². The van der Waals surface area contributed by atoms with Gasteiger partial charge in [-0.05, 0) is 54.5 Å². The Morgan fingerprint density at radius 1 is 1.20 bits per heavy atom. The Labute approximate surface area is 123 Å². The zero-order valence-electron chi connectivity index (χ0n) is 11.1. The molecule has 0 fully saturated rings. The van der Waals surface area contributed by atoms with E-state index in [0.717, 1.165) is 16.8 Å². The SMILES string of the molecule is Cc1cc(Cl)ccc1NC(=O)/C=C/c1ccc(N)cc1. The van der Waals surface area contributed by atoms with E-state index in [1.165, 1.54) is 6.08 Å². The van der Waals surface area contributed by atoms with Crippen LogP contribution in [-0.4, -0.2) is 5.91 Å². The van der Waals surface area contributed by atoms with Crippen LogP contribution in [0.4, 0.5) is 11.4 Å². The van der Waals surface area contributed by atoms with E-state index in [1.807, 2.05) is 19.1 Å². The van der Waals surface area contributed by atoms with Gasteiger partial charge in [0.05, 0.1) is 0 Å². The first-order valence-electron chi connectivity index (χ1n) is 6.15. The average Bonchev–Trinajstić information content (AvgIpc) is 2.41. The molecule has 2 aromatic rings. The van der Waals surface area contributed by atoms with Gasteiger partial charge >= 0.3 is 0 Å². The van der Waals surface area contributed by atoms with E-state index in [1.54, 1.807) is 36.4 Å². The summed E-state index contributed by atoms with van der Waals surface area (Å²) in [5.74, 6) is -0.188. The molecule has 0 saturated carbocycles. The van der Waals surface area contributed by atoms with Gasteiger partial charge in [0.15, 0.2) is 0 Å². The molecule has 102 valence electrons. The molecule has 3 N–H and O–H groups in total. The van der Waals surface area contributed by atoms with Gasteiger partial charge in [0.25, 0.3) is 0 Å². The lowest BCUT2D eigenvalue weighted by Crippen LogP contribution is -2.08. The third-order valence-electron chi connectivity index (χ3n) is 2.81. The third kappa shape index (κ3) is 3.87. The molecule has 20 heavy (non-hydrogen) atoms. The Balaban J connectivity index is 2.03. The van der Waals surface area contributed by atoms with Crippen LogP contribution in [0.25, 0.3) is 6.08 Å². The molecule has 0 bridgehead atoms. The van der Waals surface area contributed by atoms with Crippen LogP contribution in [0.1, 0.15) is 11.1 Å². The van der Waals surface area contributed by atoms with E-state index in [4.69, 9.17) is 17.3 Å². The number of nitrogen functional groups attached to an aromatic ring is 1. The van der Waals surface area contributed by atoms with Crippen molar-refractivity contribution in [1.82, 2.24) is 0 Å². The molecule has 1 amide bonds. The zero-order chi connectivity index (χ0) is 14.5. The molecule has 2 aromatic carbocycles. The lowest BCUT2D eigenvalue weighted by atomic mass is 10.2. The summed E-state index contributed by atoms with van der Waals surface area (Å²) in [5.41, 5.74) is 8.89. The monoisotopic (exact) mass is 286 g/mol. The number of anilines is 2. The number of amides is 1. The van der Waals surface area contributed by atoms with E-state index in [-0.39, 0.29) is 5.91 Å². The van der Waals surface area contributed by atoms with Gasteiger partial charge in [-0.2, -0.15) is 0 Å². The topological polar surface area (TPSA) is 55.1 Å². The summed E-state index contributed by atoms with van der Waals surface area (Å²) in [6.45, 7) is 1.89. The van der Waals surface area contributed by atoms with Crippen LogP contribution in [0, 0.1) is 6.92 Å². The van der Waals surface area contributed by atoms with Crippen molar-refractivity contribution < 1.29 is 4.79 Å². The van der Waals surface area contributed by atoms with Crippen molar-refractivity contribution in [2.75, 3.05) is 11.1 Å². The van der Waals surface area contributed by atoms with Gasteiger partial charge in [-0.15, -0.1) is 0 Å². The number of hydrogen-bond donors (Lipinski definition) is 2. The minimum Gasteiger partial charge on any atom is -0.399 e. The first-order valence-corrected chi connectivity index (χ1v) is 6.53. The summed E-state index contributed by atoms with van der Waals surface area (Å²) in [4.78, 5) is 11.8. The number of halogens is 1. The van der Waals surface area contributed by atoms with Crippen molar-refractivity contribution in [3.05, 3.63) is 64.7 Å². The molecule has 0 aliphatic heterocycles. The van der Waals surface area contributed by atoms with Gasteiger partial charge in [-0.25, -0.2) is 0 Å². The van der Waals surface area contributed by atoms with E-state index in [2.05, 4.69) is 5.32 Å². The second-order valence-electron chi connectivity index (χ2n) is 4.45. The van der Waals surface area contributed by atoms with Gasteiger partial charge in [0.1, 0.15) is 0 Å². The Hall–Kier alpha value is -2.26. The van der Waals surface area contributed by atoms with Crippen LogP contribution in [0.15, 0.2) is 48.5 Å². The number of carbonyl (C=O) groups is 1. The highest BCUT2D eigenvalue weighted by molar-refractivity contribution is 6.30. The maximum absolute atomic E-state index is 11.8. The van der Waals surface area contributed by atoms with E-state index in [9.17, 15) is 4.79 Å². The normalized spacial score (nSPS) is 10.7. The fourth-order valence-electron chi connectivity index (χ4n) is 1.72. The molecule has 0 atom stereocenters. The number of rotatable bonds is 3. The predicted molar refractivity (Wildman–Crippen MR) is 84.7 cm³/mol. The van der Waals surface area contributed by atoms with Crippen molar-refractivity contribution in [2.24, 2.45) is 0 Å². The first kappa shape index (κ1) is 14.2. The highest BCUT2D eigenvalue weighted by Gasteiger charge is 2.02. The van der Waals surface area contributed by atoms with Gasteiger partial charge in [-0.3, -0.25) is 4.79 Å². The summed E-state index contributed by atoms with van der Waals surface area (Å²) in [7, 11) is 0. The summed E-state index contributed by atoms with van der Waals surface area (Å²) in [5, 5.41) is 3.46. The second-order valence-corrected chi connectivity index (χ2v) is 4.88. The number of carbonyl (C=O) groups excluding carboxylic acids is 1. The third-order valence-corrected chi connectivity index (χ3v) is 3.05.